The lowest BCUT2D eigenvalue weighted by molar-refractivity contribution is -0.120. The average Bonchev–Trinajstić information content (AvgIpc) is 2.73. The molecule has 3 aromatic carbocycles. The predicted octanol–water partition coefficient (Wildman–Crippen LogP) is 5.33. The number of hydrogen-bond acceptors (Lipinski definition) is 2. The normalized spacial score (nSPS) is 28.8. The minimum atomic E-state index is -0.880. The van der Waals surface area contributed by atoms with Gasteiger partial charge in [0.05, 0.1) is 5.60 Å². The van der Waals surface area contributed by atoms with Gasteiger partial charge < -0.3 is 5.11 Å². The van der Waals surface area contributed by atoms with Gasteiger partial charge in [-0.25, -0.2) is 0 Å². The first-order chi connectivity index (χ1) is 13.1. The summed E-state index contributed by atoms with van der Waals surface area (Å²) in [5, 5.41) is 12.0. The van der Waals surface area contributed by atoms with Crippen LogP contribution in [0.2, 0.25) is 0 Å². The molecule has 0 aromatic heterocycles. The van der Waals surface area contributed by atoms with Gasteiger partial charge in [-0.15, -0.1) is 0 Å². The maximum atomic E-state index is 12.0. The van der Waals surface area contributed by atoms with Crippen LogP contribution in [0.3, 0.4) is 0 Å². The molecule has 0 unspecified atom stereocenters. The Bertz CT molecular complexity index is 865. The van der Waals surface area contributed by atoms with E-state index in [4.69, 9.17) is 0 Å². The lowest BCUT2D eigenvalue weighted by Crippen LogP contribution is -2.50. The topological polar surface area (TPSA) is 23.5 Å². The fraction of sp³-hybridized carbons (Fsp3) is 0.280. The number of likely N-dealkylation sites (tertiary alicyclic amines) is 1. The molecular weight excluding hydrogens is 330 g/mol. The van der Waals surface area contributed by atoms with Gasteiger partial charge in [-0.2, -0.15) is 0 Å². The highest BCUT2D eigenvalue weighted by atomic mass is 16.3. The van der Waals surface area contributed by atoms with E-state index in [0.717, 1.165) is 5.56 Å². The molecule has 0 amide bonds. The standard InChI is InChI=1S/C25H27NO/c1-19-24(21-14-8-4-9-15-21)26(2)23(20-12-6-3-7-13-20)18-25(19,27)22-16-10-5-11-17-22/h3-17,19,23-24,27H,18H2,1-2H3/t19-,23+,24-,25-/m0/s1. The van der Waals surface area contributed by atoms with Crippen molar-refractivity contribution in [2.75, 3.05) is 7.05 Å². The Morgan fingerprint density at radius 1 is 0.778 bits per heavy atom. The van der Waals surface area contributed by atoms with Crippen LogP contribution >= 0.6 is 0 Å². The summed E-state index contributed by atoms with van der Waals surface area (Å²) < 4.78 is 0. The first-order valence-corrected chi connectivity index (χ1v) is 9.71. The average molecular weight is 357 g/mol. The molecule has 1 saturated heterocycles. The third-order valence-corrected chi connectivity index (χ3v) is 6.26. The van der Waals surface area contributed by atoms with E-state index >= 15 is 0 Å². The quantitative estimate of drug-likeness (QED) is 0.685. The zero-order chi connectivity index (χ0) is 18.9. The second-order valence-corrected chi connectivity index (χ2v) is 7.73. The van der Waals surface area contributed by atoms with Gasteiger partial charge in [0.25, 0.3) is 0 Å². The molecule has 4 atom stereocenters. The summed E-state index contributed by atoms with van der Waals surface area (Å²) in [6.07, 6.45) is 0.683. The van der Waals surface area contributed by atoms with Crippen molar-refractivity contribution >= 4 is 0 Å². The second kappa shape index (κ2) is 7.30. The van der Waals surface area contributed by atoms with Gasteiger partial charge in [0.15, 0.2) is 0 Å². The third kappa shape index (κ3) is 3.20. The predicted molar refractivity (Wildman–Crippen MR) is 110 cm³/mol. The number of hydrogen-bond donors (Lipinski definition) is 1. The minimum Gasteiger partial charge on any atom is -0.385 e. The van der Waals surface area contributed by atoms with E-state index in [1.807, 2.05) is 24.3 Å². The molecule has 0 spiro atoms. The molecule has 1 fully saturated rings. The van der Waals surface area contributed by atoms with Crippen LogP contribution in [0.5, 0.6) is 0 Å². The number of nitrogens with zero attached hydrogens (tertiary/aromatic N) is 1. The Morgan fingerprint density at radius 2 is 1.26 bits per heavy atom. The molecule has 4 rings (SSSR count). The fourth-order valence-electron chi connectivity index (χ4n) is 4.74. The zero-order valence-electron chi connectivity index (χ0n) is 16.0. The third-order valence-electron chi connectivity index (χ3n) is 6.26. The van der Waals surface area contributed by atoms with Crippen LogP contribution in [0.25, 0.3) is 0 Å². The summed E-state index contributed by atoms with van der Waals surface area (Å²) in [4.78, 5) is 2.44. The maximum absolute atomic E-state index is 12.0. The highest BCUT2D eigenvalue weighted by molar-refractivity contribution is 5.32. The van der Waals surface area contributed by atoms with Crippen LogP contribution in [-0.4, -0.2) is 17.1 Å². The lowest BCUT2D eigenvalue weighted by atomic mass is 9.68. The number of piperidine rings is 1. The molecular formula is C25H27NO. The highest BCUT2D eigenvalue weighted by Gasteiger charge is 2.49. The fourth-order valence-corrected chi connectivity index (χ4v) is 4.74. The summed E-state index contributed by atoms with van der Waals surface area (Å²) in [5.74, 6) is 0.0623. The molecule has 2 heteroatoms. The van der Waals surface area contributed by atoms with Crippen molar-refractivity contribution in [1.82, 2.24) is 4.90 Å². The van der Waals surface area contributed by atoms with Crippen molar-refractivity contribution in [3.05, 3.63) is 108 Å². The van der Waals surface area contributed by atoms with Gasteiger partial charge in [0, 0.05) is 24.4 Å². The summed E-state index contributed by atoms with van der Waals surface area (Å²) >= 11 is 0. The molecule has 0 aliphatic carbocycles. The van der Waals surface area contributed by atoms with E-state index in [0.29, 0.717) is 6.42 Å². The molecule has 1 aliphatic rings. The van der Waals surface area contributed by atoms with Crippen molar-refractivity contribution in [3.63, 3.8) is 0 Å². The number of aliphatic hydroxyl groups is 1. The first-order valence-electron chi connectivity index (χ1n) is 9.71. The molecule has 1 heterocycles. The van der Waals surface area contributed by atoms with Gasteiger partial charge in [-0.3, -0.25) is 4.90 Å². The van der Waals surface area contributed by atoms with Crippen LogP contribution in [0.1, 0.15) is 42.1 Å². The maximum Gasteiger partial charge on any atom is 0.0958 e. The van der Waals surface area contributed by atoms with Crippen molar-refractivity contribution in [2.45, 2.75) is 31.0 Å². The monoisotopic (exact) mass is 357 g/mol. The van der Waals surface area contributed by atoms with E-state index in [2.05, 4.69) is 85.6 Å². The molecule has 0 bridgehead atoms. The van der Waals surface area contributed by atoms with Crippen LogP contribution in [0.4, 0.5) is 0 Å². The van der Waals surface area contributed by atoms with E-state index in [1.165, 1.54) is 11.1 Å². The van der Waals surface area contributed by atoms with Crippen LogP contribution in [-0.2, 0) is 5.60 Å². The minimum absolute atomic E-state index is 0.0623. The molecule has 0 radical (unpaired) electrons. The van der Waals surface area contributed by atoms with Crippen LogP contribution in [0.15, 0.2) is 91.0 Å². The Balaban J connectivity index is 1.84. The van der Waals surface area contributed by atoms with Gasteiger partial charge in [0.1, 0.15) is 0 Å². The number of rotatable bonds is 3. The summed E-state index contributed by atoms with van der Waals surface area (Å²) in [6.45, 7) is 2.18. The van der Waals surface area contributed by atoms with Crippen molar-refractivity contribution in [1.29, 1.82) is 0 Å². The summed E-state index contributed by atoms with van der Waals surface area (Å²) in [6, 6.07) is 31.6. The molecule has 1 aliphatic heterocycles. The largest absolute Gasteiger partial charge is 0.385 e. The van der Waals surface area contributed by atoms with E-state index in [-0.39, 0.29) is 18.0 Å². The van der Waals surface area contributed by atoms with Crippen molar-refractivity contribution in [3.8, 4) is 0 Å². The molecule has 3 aromatic rings. The zero-order valence-corrected chi connectivity index (χ0v) is 16.0. The highest BCUT2D eigenvalue weighted by Crippen LogP contribution is 2.52. The number of benzene rings is 3. The molecule has 1 N–H and O–H groups in total. The Labute approximate surface area is 162 Å². The van der Waals surface area contributed by atoms with E-state index in [1.54, 1.807) is 0 Å². The molecule has 0 saturated carbocycles. The van der Waals surface area contributed by atoms with E-state index < -0.39 is 5.60 Å². The summed E-state index contributed by atoms with van der Waals surface area (Å²) in [5.41, 5.74) is 2.63. The van der Waals surface area contributed by atoms with Crippen molar-refractivity contribution in [2.24, 2.45) is 5.92 Å². The van der Waals surface area contributed by atoms with Gasteiger partial charge in [0.2, 0.25) is 0 Å². The van der Waals surface area contributed by atoms with E-state index in [9.17, 15) is 5.11 Å². The SMILES string of the molecule is C[C@H]1[C@@H](c2ccccc2)N(C)[C@@H](c2ccccc2)C[C@@]1(O)c1ccccc1. The summed E-state index contributed by atoms with van der Waals surface area (Å²) in [7, 11) is 2.19. The van der Waals surface area contributed by atoms with Gasteiger partial charge in [-0.1, -0.05) is 97.9 Å². The van der Waals surface area contributed by atoms with Crippen LogP contribution < -0.4 is 0 Å². The van der Waals surface area contributed by atoms with Gasteiger partial charge in [-0.05, 0) is 23.7 Å². The van der Waals surface area contributed by atoms with Crippen molar-refractivity contribution < 1.29 is 5.11 Å². The Hall–Kier alpha value is -2.42. The second-order valence-electron chi connectivity index (χ2n) is 7.73. The van der Waals surface area contributed by atoms with Crippen LogP contribution in [0, 0.1) is 5.92 Å². The first kappa shape index (κ1) is 18.0. The molecule has 138 valence electrons. The Morgan fingerprint density at radius 3 is 1.81 bits per heavy atom. The van der Waals surface area contributed by atoms with Gasteiger partial charge >= 0.3 is 0 Å². The molecule has 27 heavy (non-hydrogen) atoms. The molecule has 2 nitrogen and oxygen atoms in total. The smallest absolute Gasteiger partial charge is 0.0958 e. The lowest BCUT2D eigenvalue weighted by Gasteiger charge is -2.52. The Kier molecular flexibility index (Phi) is 4.86.